The SMILES string of the molecule is CC(F)C(C)CO. The minimum absolute atomic E-state index is 0.0579. The normalized spacial score (nSPS) is 18.9. The van der Waals surface area contributed by atoms with Gasteiger partial charge < -0.3 is 5.11 Å². The number of aliphatic hydroxyl groups is 1. The lowest BCUT2D eigenvalue weighted by molar-refractivity contribution is 0.162. The molecule has 2 heteroatoms. The topological polar surface area (TPSA) is 20.2 Å². The smallest absolute Gasteiger partial charge is 0.102 e. The van der Waals surface area contributed by atoms with Gasteiger partial charge in [0.15, 0.2) is 0 Å². The Morgan fingerprint density at radius 3 is 2.00 bits per heavy atom. The molecule has 0 rings (SSSR count). The summed E-state index contributed by atoms with van der Waals surface area (Å²) in [6.07, 6.45) is -0.884. The van der Waals surface area contributed by atoms with Crippen molar-refractivity contribution in [2.24, 2.45) is 5.92 Å². The lowest BCUT2D eigenvalue weighted by Crippen LogP contribution is -2.11. The van der Waals surface area contributed by atoms with Crippen LogP contribution >= 0.6 is 0 Å². The quantitative estimate of drug-likeness (QED) is 0.556. The minimum Gasteiger partial charge on any atom is -0.396 e. The van der Waals surface area contributed by atoms with Gasteiger partial charge in [0.05, 0.1) is 0 Å². The zero-order valence-electron chi connectivity index (χ0n) is 4.69. The first kappa shape index (κ1) is 6.89. The Hall–Kier alpha value is -0.110. The van der Waals surface area contributed by atoms with Crippen LogP contribution in [0.1, 0.15) is 13.8 Å². The van der Waals surface area contributed by atoms with Crippen LogP contribution in [0.3, 0.4) is 0 Å². The number of rotatable bonds is 2. The Kier molecular flexibility index (Phi) is 2.92. The van der Waals surface area contributed by atoms with Gasteiger partial charge in [-0.2, -0.15) is 0 Å². The van der Waals surface area contributed by atoms with Crippen LogP contribution in [-0.4, -0.2) is 17.9 Å². The van der Waals surface area contributed by atoms with E-state index < -0.39 is 6.17 Å². The van der Waals surface area contributed by atoms with Gasteiger partial charge in [0.1, 0.15) is 6.17 Å². The fraction of sp³-hybridized carbons (Fsp3) is 1.00. The van der Waals surface area contributed by atoms with Crippen LogP contribution in [0.5, 0.6) is 0 Å². The summed E-state index contributed by atoms with van der Waals surface area (Å²) < 4.78 is 11.9. The maximum atomic E-state index is 11.9. The number of alkyl halides is 1. The third-order valence-corrected chi connectivity index (χ3v) is 1.07. The lowest BCUT2D eigenvalue weighted by Gasteiger charge is -2.06. The molecule has 0 aliphatic carbocycles. The van der Waals surface area contributed by atoms with Crippen molar-refractivity contribution in [2.45, 2.75) is 20.0 Å². The predicted molar refractivity (Wildman–Crippen MR) is 26.8 cm³/mol. The van der Waals surface area contributed by atoms with Crippen molar-refractivity contribution in [2.75, 3.05) is 6.61 Å². The van der Waals surface area contributed by atoms with Crippen LogP contribution in [0, 0.1) is 5.92 Å². The van der Waals surface area contributed by atoms with E-state index in [2.05, 4.69) is 0 Å². The Balaban J connectivity index is 3.14. The van der Waals surface area contributed by atoms with Crippen molar-refractivity contribution in [3.8, 4) is 0 Å². The highest BCUT2D eigenvalue weighted by molar-refractivity contribution is 4.55. The van der Waals surface area contributed by atoms with Gasteiger partial charge in [-0.05, 0) is 6.92 Å². The molecule has 0 aliphatic rings. The molecule has 0 aromatic heterocycles. The van der Waals surface area contributed by atoms with E-state index in [1.165, 1.54) is 6.92 Å². The second-order valence-corrected chi connectivity index (χ2v) is 1.84. The summed E-state index contributed by atoms with van der Waals surface area (Å²) in [6.45, 7) is 3.06. The van der Waals surface area contributed by atoms with Gasteiger partial charge in [-0.3, -0.25) is 0 Å². The van der Waals surface area contributed by atoms with Crippen LogP contribution in [-0.2, 0) is 0 Å². The molecule has 0 amide bonds. The second-order valence-electron chi connectivity index (χ2n) is 1.84. The molecule has 0 bridgehead atoms. The first-order valence-corrected chi connectivity index (χ1v) is 2.43. The molecule has 44 valence electrons. The number of aliphatic hydroxyl groups excluding tert-OH is 1. The van der Waals surface area contributed by atoms with E-state index in [4.69, 9.17) is 5.11 Å². The van der Waals surface area contributed by atoms with E-state index >= 15 is 0 Å². The Labute approximate surface area is 43.2 Å². The van der Waals surface area contributed by atoms with Crippen LogP contribution in [0.25, 0.3) is 0 Å². The molecule has 0 spiro atoms. The molecule has 2 atom stereocenters. The highest BCUT2D eigenvalue weighted by Gasteiger charge is 2.06. The van der Waals surface area contributed by atoms with Crippen molar-refractivity contribution in [1.29, 1.82) is 0 Å². The van der Waals surface area contributed by atoms with Gasteiger partial charge in [0.2, 0.25) is 0 Å². The van der Waals surface area contributed by atoms with Crippen LogP contribution in [0.15, 0.2) is 0 Å². The van der Waals surface area contributed by atoms with E-state index in [1.807, 2.05) is 0 Å². The summed E-state index contributed by atoms with van der Waals surface area (Å²) in [5, 5.41) is 8.27. The minimum atomic E-state index is -0.884. The highest BCUT2D eigenvalue weighted by Crippen LogP contribution is 2.03. The van der Waals surface area contributed by atoms with E-state index in [9.17, 15) is 4.39 Å². The van der Waals surface area contributed by atoms with Crippen molar-refractivity contribution in [3.05, 3.63) is 0 Å². The molecule has 1 nitrogen and oxygen atoms in total. The summed E-state index contributed by atoms with van der Waals surface area (Å²) >= 11 is 0. The fourth-order valence-electron chi connectivity index (χ4n) is 0.145. The maximum Gasteiger partial charge on any atom is 0.102 e. The lowest BCUT2D eigenvalue weighted by atomic mass is 10.1. The van der Waals surface area contributed by atoms with Gasteiger partial charge >= 0.3 is 0 Å². The van der Waals surface area contributed by atoms with E-state index in [0.717, 1.165) is 0 Å². The molecule has 1 N–H and O–H groups in total. The van der Waals surface area contributed by atoms with Crippen LogP contribution in [0.4, 0.5) is 4.39 Å². The summed E-state index contributed by atoms with van der Waals surface area (Å²) in [5.41, 5.74) is 0. The van der Waals surface area contributed by atoms with Gasteiger partial charge in [0.25, 0.3) is 0 Å². The maximum absolute atomic E-state index is 11.9. The molecule has 0 aromatic rings. The van der Waals surface area contributed by atoms with E-state index in [-0.39, 0.29) is 12.5 Å². The third kappa shape index (κ3) is 2.57. The van der Waals surface area contributed by atoms with Gasteiger partial charge in [0, 0.05) is 12.5 Å². The van der Waals surface area contributed by atoms with E-state index in [1.54, 1.807) is 6.92 Å². The standard InChI is InChI=1S/C5H11FO/c1-4(3-7)5(2)6/h4-5,7H,3H2,1-2H3. The molecule has 2 unspecified atom stereocenters. The van der Waals surface area contributed by atoms with Gasteiger partial charge in [-0.25, -0.2) is 4.39 Å². The second kappa shape index (κ2) is 2.97. The van der Waals surface area contributed by atoms with Crippen LogP contribution in [0.2, 0.25) is 0 Å². The number of hydrogen-bond donors (Lipinski definition) is 1. The fourth-order valence-corrected chi connectivity index (χ4v) is 0.145. The molecule has 0 saturated carbocycles. The first-order chi connectivity index (χ1) is 3.18. The Morgan fingerprint density at radius 2 is 2.00 bits per heavy atom. The van der Waals surface area contributed by atoms with Crippen molar-refractivity contribution in [3.63, 3.8) is 0 Å². The summed E-state index contributed by atoms with van der Waals surface area (Å²) in [4.78, 5) is 0. The zero-order valence-corrected chi connectivity index (χ0v) is 4.69. The Bertz CT molecular complexity index is 45.3. The molecule has 7 heavy (non-hydrogen) atoms. The summed E-state index contributed by atoms with van der Waals surface area (Å²) in [6, 6.07) is 0. The Morgan fingerprint density at radius 1 is 1.57 bits per heavy atom. The molecule has 0 saturated heterocycles. The van der Waals surface area contributed by atoms with Crippen LogP contribution < -0.4 is 0 Å². The molecular weight excluding hydrogens is 95.1 g/mol. The van der Waals surface area contributed by atoms with Crippen molar-refractivity contribution in [1.82, 2.24) is 0 Å². The van der Waals surface area contributed by atoms with E-state index in [0.29, 0.717) is 0 Å². The molecule has 0 fully saturated rings. The molecule has 0 heterocycles. The molecule has 0 radical (unpaired) electrons. The first-order valence-electron chi connectivity index (χ1n) is 2.43. The summed E-state index contributed by atoms with van der Waals surface area (Å²) in [7, 11) is 0. The van der Waals surface area contributed by atoms with Crippen molar-refractivity contribution >= 4 is 0 Å². The highest BCUT2D eigenvalue weighted by atomic mass is 19.1. The molecular formula is C5H11FO. The zero-order chi connectivity index (χ0) is 5.86. The van der Waals surface area contributed by atoms with Gasteiger partial charge in [-0.1, -0.05) is 6.92 Å². The largest absolute Gasteiger partial charge is 0.396 e. The number of hydrogen-bond acceptors (Lipinski definition) is 1. The third-order valence-electron chi connectivity index (χ3n) is 1.07. The average molecular weight is 106 g/mol. The molecule has 0 aromatic carbocycles. The van der Waals surface area contributed by atoms with Crippen molar-refractivity contribution < 1.29 is 9.50 Å². The monoisotopic (exact) mass is 106 g/mol. The molecule has 0 aliphatic heterocycles. The average Bonchev–Trinajstić information content (AvgIpc) is 1.65. The number of halogens is 1. The summed E-state index contributed by atoms with van der Waals surface area (Å²) in [5.74, 6) is -0.208. The van der Waals surface area contributed by atoms with Gasteiger partial charge in [-0.15, -0.1) is 0 Å². The predicted octanol–water partition coefficient (Wildman–Crippen LogP) is 0.973.